The number of rotatable bonds is 6. The van der Waals surface area contributed by atoms with E-state index in [9.17, 15) is 9.59 Å². The van der Waals surface area contributed by atoms with Gasteiger partial charge in [-0.3, -0.25) is 9.59 Å². The summed E-state index contributed by atoms with van der Waals surface area (Å²) in [5.74, 6) is 0.372. The zero-order valence-corrected chi connectivity index (χ0v) is 16.7. The van der Waals surface area contributed by atoms with Crippen LogP contribution in [0.3, 0.4) is 0 Å². The van der Waals surface area contributed by atoms with E-state index in [1.54, 1.807) is 12.3 Å². The summed E-state index contributed by atoms with van der Waals surface area (Å²) in [6.07, 6.45) is 2.77. The molecule has 6 heteroatoms. The Morgan fingerprint density at radius 2 is 1.97 bits per heavy atom. The Morgan fingerprint density at radius 3 is 2.83 bits per heavy atom. The molecule has 29 heavy (non-hydrogen) atoms. The van der Waals surface area contributed by atoms with Crippen molar-refractivity contribution in [3.63, 3.8) is 0 Å². The van der Waals surface area contributed by atoms with Gasteiger partial charge in [0, 0.05) is 25.0 Å². The molecular formula is C23H26N4O2. The maximum Gasteiger partial charge on any atom is 0.275 e. The molecule has 1 fully saturated rings. The van der Waals surface area contributed by atoms with Crippen molar-refractivity contribution < 1.29 is 4.79 Å². The normalized spacial score (nSPS) is 16.9. The Bertz CT molecular complexity index is 1080. The van der Waals surface area contributed by atoms with E-state index in [1.165, 1.54) is 15.8 Å². The largest absolute Gasteiger partial charge is 0.353 e. The van der Waals surface area contributed by atoms with Crippen LogP contribution in [0.15, 0.2) is 59.5 Å². The maximum absolute atomic E-state index is 12.5. The molecule has 6 nitrogen and oxygen atoms in total. The first-order valence-electron chi connectivity index (χ1n) is 10.1. The van der Waals surface area contributed by atoms with Crippen molar-refractivity contribution in [2.75, 3.05) is 26.2 Å². The zero-order chi connectivity index (χ0) is 20.2. The number of aryl methyl sites for hydroxylation is 1. The van der Waals surface area contributed by atoms with Crippen LogP contribution in [0.1, 0.15) is 23.5 Å². The van der Waals surface area contributed by atoms with Crippen molar-refractivity contribution in [1.82, 2.24) is 20.0 Å². The molecule has 0 unspecified atom stereocenters. The van der Waals surface area contributed by atoms with Crippen LogP contribution < -0.4 is 10.9 Å². The highest BCUT2D eigenvalue weighted by molar-refractivity contribution is 5.81. The summed E-state index contributed by atoms with van der Waals surface area (Å²) in [5, 5.41) is 8.40. The molecule has 3 aromatic rings. The van der Waals surface area contributed by atoms with Gasteiger partial charge in [0.25, 0.3) is 5.56 Å². The smallest absolute Gasteiger partial charge is 0.275 e. The molecule has 150 valence electrons. The van der Waals surface area contributed by atoms with Gasteiger partial charge in [0.15, 0.2) is 0 Å². The molecule has 1 aromatic heterocycles. The summed E-state index contributed by atoms with van der Waals surface area (Å²) in [4.78, 5) is 27.1. The molecule has 1 amide bonds. The van der Waals surface area contributed by atoms with Gasteiger partial charge >= 0.3 is 0 Å². The Kier molecular flexibility index (Phi) is 5.71. The van der Waals surface area contributed by atoms with Crippen LogP contribution in [0.5, 0.6) is 0 Å². The summed E-state index contributed by atoms with van der Waals surface area (Å²) in [5.41, 5.74) is 2.54. The van der Waals surface area contributed by atoms with Gasteiger partial charge in [-0.2, -0.15) is 5.10 Å². The molecule has 0 radical (unpaired) electrons. The first-order chi connectivity index (χ1) is 14.1. The number of likely N-dealkylation sites (tertiary alicyclic amines) is 1. The van der Waals surface area contributed by atoms with Crippen molar-refractivity contribution in [3.8, 4) is 0 Å². The number of hydrogen-bond donors (Lipinski definition) is 1. The van der Waals surface area contributed by atoms with Crippen LogP contribution in [-0.4, -0.2) is 46.8 Å². The Balaban J connectivity index is 1.27. The van der Waals surface area contributed by atoms with Gasteiger partial charge in [-0.15, -0.1) is 0 Å². The summed E-state index contributed by atoms with van der Waals surface area (Å²) in [7, 11) is 0. The lowest BCUT2D eigenvalue weighted by atomic mass is 9.94. The van der Waals surface area contributed by atoms with Crippen LogP contribution in [0.4, 0.5) is 0 Å². The molecule has 0 aliphatic carbocycles. The van der Waals surface area contributed by atoms with Gasteiger partial charge in [-0.25, -0.2) is 4.68 Å². The average molecular weight is 390 g/mol. The highest BCUT2D eigenvalue weighted by atomic mass is 16.2. The zero-order valence-electron chi connectivity index (χ0n) is 16.7. The minimum absolute atomic E-state index is 0.0600. The topological polar surface area (TPSA) is 67.2 Å². The first-order valence-corrected chi connectivity index (χ1v) is 10.1. The molecule has 1 aliphatic rings. The fourth-order valence-corrected chi connectivity index (χ4v) is 4.12. The lowest BCUT2D eigenvalue weighted by molar-refractivity contribution is -0.121. The van der Waals surface area contributed by atoms with Crippen LogP contribution in [0, 0.1) is 6.92 Å². The van der Waals surface area contributed by atoms with E-state index in [-0.39, 0.29) is 18.0 Å². The predicted molar refractivity (Wildman–Crippen MR) is 114 cm³/mol. The molecule has 4 rings (SSSR count). The average Bonchev–Trinajstić information content (AvgIpc) is 3.19. The third kappa shape index (κ3) is 4.38. The summed E-state index contributed by atoms with van der Waals surface area (Å²) in [6.45, 7) is 5.55. The fraction of sp³-hybridized carbons (Fsp3) is 0.348. The van der Waals surface area contributed by atoms with E-state index < -0.39 is 0 Å². The number of nitrogens with one attached hydrogen (secondary N) is 1. The van der Waals surface area contributed by atoms with Gasteiger partial charge < -0.3 is 10.2 Å². The van der Waals surface area contributed by atoms with Gasteiger partial charge in [0.05, 0.1) is 11.6 Å². The van der Waals surface area contributed by atoms with E-state index in [1.807, 2.05) is 18.2 Å². The van der Waals surface area contributed by atoms with E-state index in [4.69, 9.17) is 0 Å². The summed E-state index contributed by atoms with van der Waals surface area (Å²) in [6, 6.07) is 15.8. The molecule has 1 atom stereocenters. The van der Waals surface area contributed by atoms with E-state index >= 15 is 0 Å². The predicted octanol–water partition coefficient (Wildman–Crippen LogP) is 2.31. The number of amides is 1. The number of benzene rings is 2. The second kappa shape index (κ2) is 8.57. The molecule has 1 N–H and O–H groups in total. The Labute approximate surface area is 170 Å². The van der Waals surface area contributed by atoms with Crippen molar-refractivity contribution in [1.29, 1.82) is 0 Å². The molecule has 0 spiro atoms. The van der Waals surface area contributed by atoms with Crippen molar-refractivity contribution in [2.45, 2.75) is 25.8 Å². The number of nitrogens with zero attached hydrogens (tertiary/aromatic N) is 3. The highest BCUT2D eigenvalue weighted by Crippen LogP contribution is 2.28. The third-order valence-electron chi connectivity index (χ3n) is 5.71. The van der Waals surface area contributed by atoms with Crippen molar-refractivity contribution in [2.24, 2.45) is 0 Å². The lowest BCUT2D eigenvalue weighted by Crippen LogP contribution is -2.37. The molecule has 0 saturated carbocycles. The molecule has 2 aromatic carbocycles. The number of carbonyl (C=O) groups excluding carboxylic acids is 1. The Hall–Kier alpha value is -2.99. The number of aromatic nitrogens is 2. The minimum atomic E-state index is -0.237. The molecule has 1 aliphatic heterocycles. The van der Waals surface area contributed by atoms with Crippen molar-refractivity contribution in [3.05, 3.63) is 76.2 Å². The summed E-state index contributed by atoms with van der Waals surface area (Å²) >= 11 is 0. The summed E-state index contributed by atoms with van der Waals surface area (Å²) < 4.78 is 1.22. The van der Waals surface area contributed by atoms with Gasteiger partial charge in [-0.05, 0) is 43.0 Å². The fourth-order valence-electron chi connectivity index (χ4n) is 4.12. The van der Waals surface area contributed by atoms with E-state index in [0.29, 0.717) is 17.8 Å². The number of fused-ring (bicyclic) bond motifs is 1. The van der Waals surface area contributed by atoms with Crippen LogP contribution in [-0.2, 0) is 11.3 Å². The maximum atomic E-state index is 12.5. The number of hydrogen-bond acceptors (Lipinski definition) is 4. The second-order valence-electron chi connectivity index (χ2n) is 7.69. The van der Waals surface area contributed by atoms with E-state index in [0.717, 1.165) is 31.4 Å². The van der Waals surface area contributed by atoms with E-state index in [2.05, 4.69) is 46.5 Å². The van der Waals surface area contributed by atoms with Crippen molar-refractivity contribution >= 4 is 16.7 Å². The third-order valence-corrected chi connectivity index (χ3v) is 5.71. The van der Waals surface area contributed by atoms with Gasteiger partial charge in [-0.1, -0.05) is 42.5 Å². The van der Waals surface area contributed by atoms with Crippen LogP contribution in [0.25, 0.3) is 10.8 Å². The van der Waals surface area contributed by atoms with Gasteiger partial charge in [0.1, 0.15) is 6.54 Å². The SMILES string of the molecule is Cc1ccccc1[C@@H]1CCN(CCNC(=O)Cn2ncc3ccccc3c2=O)C1. The molecular weight excluding hydrogens is 364 g/mol. The second-order valence-corrected chi connectivity index (χ2v) is 7.69. The lowest BCUT2D eigenvalue weighted by Gasteiger charge is -2.17. The van der Waals surface area contributed by atoms with Crippen LogP contribution in [0.2, 0.25) is 0 Å². The highest BCUT2D eigenvalue weighted by Gasteiger charge is 2.24. The number of carbonyl (C=O) groups is 1. The van der Waals surface area contributed by atoms with Gasteiger partial charge in [0.2, 0.25) is 5.91 Å². The standard InChI is InChI=1S/C23H26N4O2/c1-17-6-2-4-8-20(17)19-10-12-26(15-19)13-11-24-22(28)16-27-23(29)21-9-5-3-7-18(21)14-25-27/h2-9,14,19H,10-13,15-16H2,1H3,(H,24,28)/t19-/m1/s1. The monoisotopic (exact) mass is 390 g/mol. The van der Waals surface area contributed by atoms with Crippen LogP contribution >= 0.6 is 0 Å². The minimum Gasteiger partial charge on any atom is -0.353 e. The first kappa shape index (κ1) is 19.3. The molecule has 0 bridgehead atoms. The molecule has 2 heterocycles. The molecule has 1 saturated heterocycles. The Morgan fingerprint density at radius 1 is 1.17 bits per heavy atom. The quantitative estimate of drug-likeness (QED) is 0.701.